The number of ether oxygens (including phenoxy) is 2. The Morgan fingerprint density at radius 1 is 1.12 bits per heavy atom. The maximum absolute atomic E-state index is 14.1. The van der Waals surface area contributed by atoms with Crippen LogP contribution in [0.3, 0.4) is 0 Å². The van der Waals surface area contributed by atoms with Crippen LogP contribution in [0.2, 0.25) is 0 Å². The minimum absolute atomic E-state index is 0.0941. The van der Waals surface area contributed by atoms with Gasteiger partial charge in [0.1, 0.15) is 5.75 Å². The van der Waals surface area contributed by atoms with Gasteiger partial charge in [-0.25, -0.2) is 9.18 Å². The van der Waals surface area contributed by atoms with Gasteiger partial charge in [0, 0.05) is 0 Å². The molecule has 0 N–H and O–H groups in total. The topological polar surface area (TPSA) is 35.5 Å². The molecule has 0 unspecified atom stereocenters. The Labute approximate surface area is 141 Å². The van der Waals surface area contributed by atoms with Gasteiger partial charge in [-0.05, 0) is 61.6 Å². The van der Waals surface area contributed by atoms with Crippen LogP contribution in [0.15, 0.2) is 42.5 Å². The second-order valence-electron chi connectivity index (χ2n) is 6.02. The molecule has 0 heterocycles. The highest BCUT2D eigenvalue weighted by atomic mass is 19.1. The van der Waals surface area contributed by atoms with Crippen molar-refractivity contribution >= 4 is 5.97 Å². The molecule has 0 spiro atoms. The summed E-state index contributed by atoms with van der Waals surface area (Å²) in [6.07, 6.45) is 5.07. The highest BCUT2D eigenvalue weighted by molar-refractivity contribution is 5.89. The van der Waals surface area contributed by atoms with E-state index in [1.807, 2.05) is 12.1 Å². The van der Waals surface area contributed by atoms with Crippen LogP contribution >= 0.6 is 0 Å². The standard InChI is InChI=1S/C20H21FO3/c1-2-23-20(22)16-9-12-19(18(21)13-16)24-17-10-7-15(8-11-17)14-5-3-4-6-14/h7-14H,2-6H2,1H3. The van der Waals surface area contributed by atoms with Crippen molar-refractivity contribution in [2.75, 3.05) is 6.61 Å². The van der Waals surface area contributed by atoms with E-state index in [2.05, 4.69) is 12.1 Å². The summed E-state index contributed by atoms with van der Waals surface area (Å²) in [6, 6.07) is 11.9. The van der Waals surface area contributed by atoms with E-state index in [0.717, 1.165) is 6.07 Å². The second kappa shape index (κ2) is 7.47. The summed E-state index contributed by atoms with van der Waals surface area (Å²) in [5.41, 5.74) is 1.50. The maximum Gasteiger partial charge on any atom is 0.338 e. The third-order valence-corrected chi connectivity index (χ3v) is 4.38. The zero-order valence-corrected chi connectivity index (χ0v) is 13.8. The van der Waals surface area contributed by atoms with Gasteiger partial charge >= 0.3 is 5.97 Å². The predicted octanol–water partition coefficient (Wildman–Crippen LogP) is 5.45. The molecule has 0 amide bonds. The van der Waals surface area contributed by atoms with Gasteiger partial charge in [0.15, 0.2) is 11.6 Å². The Bertz CT molecular complexity index is 703. The van der Waals surface area contributed by atoms with Gasteiger partial charge in [-0.15, -0.1) is 0 Å². The molecule has 3 rings (SSSR count). The molecular weight excluding hydrogens is 307 g/mol. The molecule has 0 aliphatic heterocycles. The molecule has 0 bridgehead atoms. The molecule has 126 valence electrons. The predicted molar refractivity (Wildman–Crippen MR) is 90.1 cm³/mol. The molecule has 1 saturated carbocycles. The zero-order valence-electron chi connectivity index (χ0n) is 13.8. The summed E-state index contributed by atoms with van der Waals surface area (Å²) in [5.74, 6) is 0.195. The van der Waals surface area contributed by atoms with Gasteiger partial charge in [-0.3, -0.25) is 0 Å². The normalized spacial score (nSPS) is 14.6. The van der Waals surface area contributed by atoms with Crippen LogP contribution in [0.5, 0.6) is 11.5 Å². The largest absolute Gasteiger partial charge is 0.462 e. The van der Waals surface area contributed by atoms with Crippen LogP contribution in [0.4, 0.5) is 4.39 Å². The molecule has 0 aromatic heterocycles. The van der Waals surface area contributed by atoms with Crippen molar-refractivity contribution < 1.29 is 18.7 Å². The fourth-order valence-corrected chi connectivity index (χ4v) is 3.12. The van der Waals surface area contributed by atoms with Crippen LogP contribution in [-0.2, 0) is 4.74 Å². The molecular formula is C20H21FO3. The zero-order chi connectivity index (χ0) is 16.9. The molecule has 1 aliphatic rings. The Hall–Kier alpha value is -2.36. The Kier molecular flexibility index (Phi) is 5.14. The van der Waals surface area contributed by atoms with Crippen LogP contribution in [-0.4, -0.2) is 12.6 Å². The van der Waals surface area contributed by atoms with Gasteiger partial charge in [-0.2, -0.15) is 0 Å². The first-order valence-corrected chi connectivity index (χ1v) is 8.42. The highest BCUT2D eigenvalue weighted by Gasteiger charge is 2.17. The van der Waals surface area contributed by atoms with Crippen molar-refractivity contribution in [1.29, 1.82) is 0 Å². The van der Waals surface area contributed by atoms with E-state index in [4.69, 9.17) is 9.47 Å². The smallest absolute Gasteiger partial charge is 0.338 e. The van der Waals surface area contributed by atoms with Crippen LogP contribution in [0.1, 0.15) is 54.4 Å². The average molecular weight is 328 g/mol. The van der Waals surface area contributed by atoms with Gasteiger partial charge in [0.05, 0.1) is 12.2 Å². The molecule has 0 saturated heterocycles. The maximum atomic E-state index is 14.1. The van der Waals surface area contributed by atoms with Crippen LogP contribution in [0.25, 0.3) is 0 Å². The first-order chi connectivity index (χ1) is 11.7. The Balaban J connectivity index is 1.70. The molecule has 0 atom stereocenters. The van der Waals surface area contributed by atoms with Crippen molar-refractivity contribution in [3.05, 3.63) is 59.4 Å². The molecule has 3 nitrogen and oxygen atoms in total. The van der Waals surface area contributed by atoms with Gasteiger partial charge in [0.2, 0.25) is 0 Å². The summed E-state index contributed by atoms with van der Waals surface area (Å²) >= 11 is 0. The lowest BCUT2D eigenvalue weighted by Gasteiger charge is -2.11. The number of carbonyl (C=O) groups excluding carboxylic acids is 1. The molecule has 2 aromatic carbocycles. The number of hydrogen-bond acceptors (Lipinski definition) is 3. The molecule has 2 aromatic rings. The fraction of sp³-hybridized carbons (Fsp3) is 0.350. The third-order valence-electron chi connectivity index (χ3n) is 4.38. The van der Waals surface area contributed by atoms with Gasteiger partial charge in [-0.1, -0.05) is 25.0 Å². The van der Waals surface area contributed by atoms with Crippen LogP contribution in [0, 0.1) is 5.82 Å². The molecule has 24 heavy (non-hydrogen) atoms. The Morgan fingerprint density at radius 2 is 1.83 bits per heavy atom. The van der Waals surface area contributed by atoms with E-state index >= 15 is 0 Å². The summed E-state index contributed by atoms with van der Waals surface area (Å²) < 4.78 is 24.6. The number of rotatable bonds is 5. The van der Waals surface area contributed by atoms with Crippen molar-refractivity contribution in [3.63, 3.8) is 0 Å². The monoisotopic (exact) mass is 328 g/mol. The number of carbonyl (C=O) groups is 1. The number of esters is 1. The van der Waals surface area contributed by atoms with E-state index in [1.165, 1.54) is 43.4 Å². The first-order valence-electron chi connectivity index (χ1n) is 8.42. The average Bonchev–Trinajstić information content (AvgIpc) is 3.12. The lowest BCUT2D eigenvalue weighted by atomic mass is 9.98. The number of hydrogen-bond donors (Lipinski definition) is 0. The van der Waals surface area contributed by atoms with Crippen molar-refractivity contribution in [2.24, 2.45) is 0 Å². The van der Waals surface area contributed by atoms with Crippen molar-refractivity contribution in [2.45, 2.75) is 38.5 Å². The summed E-state index contributed by atoms with van der Waals surface area (Å²) in [5, 5.41) is 0. The lowest BCUT2D eigenvalue weighted by Crippen LogP contribution is -2.05. The SMILES string of the molecule is CCOC(=O)c1ccc(Oc2ccc(C3CCCC3)cc2)c(F)c1. The van der Waals surface area contributed by atoms with E-state index in [0.29, 0.717) is 11.7 Å². The van der Waals surface area contributed by atoms with Gasteiger partial charge in [0.25, 0.3) is 0 Å². The molecule has 4 heteroatoms. The van der Waals surface area contributed by atoms with E-state index in [-0.39, 0.29) is 17.9 Å². The first kappa shape index (κ1) is 16.5. The van der Waals surface area contributed by atoms with Gasteiger partial charge < -0.3 is 9.47 Å². The number of halogens is 1. The van der Waals surface area contributed by atoms with E-state index < -0.39 is 11.8 Å². The second-order valence-corrected chi connectivity index (χ2v) is 6.02. The van der Waals surface area contributed by atoms with Crippen molar-refractivity contribution in [1.82, 2.24) is 0 Å². The Morgan fingerprint density at radius 3 is 2.46 bits per heavy atom. The van der Waals surface area contributed by atoms with Crippen LogP contribution < -0.4 is 4.74 Å². The van der Waals surface area contributed by atoms with Crippen molar-refractivity contribution in [3.8, 4) is 11.5 Å². The fourth-order valence-electron chi connectivity index (χ4n) is 3.12. The minimum Gasteiger partial charge on any atom is -0.462 e. The highest BCUT2D eigenvalue weighted by Crippen LogP contribution is 2.35. The summed E-state index contributed by atoms with van der Waals surface area (Å²) in [6.45, 7) is 1.97. The molecule has 1 fully saturated rings. The third kappa shape index (κ3) is 3.75. The van der Waals surface area contributed by atoms with E-state index in [9.17, 15) is 9.18 Å². The number of benzene rings is 2. The van der Waals surface area contributed by atoms with E-state index in [1.54, 1.807) is 6.92 Å². The quantitative estimate of drug-likeness (QED) is 0.684. The molecule has 0 radical (unpaired) electrons. The molecule has 1 aliphatic carbocycles. The summed E-state index contributed by atoms with van der Waals surface area (Å²) in [4.78, 5) is 11.6. The lowest BCUT2D eigenvalue weighted by molar-refractivity contribution is 0.0525. The minimum atomic E-state index is -0.583. The summed E-state index contributed by atoms with van der Waals surface area (Å²) in [7, 11) is 0.